The van der Waals surface area contributed by atoms with Crippen LogP contribution in [0.4, 0.5) is 0 Å². The molecular formula is C69H43I3N2S. The Morgan fingerprint density at radius 1 is 0.253 bits per heavy atom. The Hall–Kier alpha value is -6.96. The van der Waals surface area contributed by atoms with Crippen LogP contribution in [-0.2, 0) is 0 Å². The summed E-state index contributed by atoms with van der Waals surface area (Å²) in [5, 5.41) is 7.78. The summed E-state index contributed by atoms with van der Waals surface area (Å²) in [6.07, 6.45) is 0. The number of hydrogen-bond acceptors (Lipinski definition) is 1. The van der Waals surface area contributed by atoms with Crippen molar-refractivity contribution >= 4 is 142 Å². The topological polar surface area (TPSA) is 9.86 Å². The maximum absolute atomic E-state index is 2.56. The van der Waals surface area contributed by atoms with Gasteiger partial charge in [0.15, 0.2) is 0 Å². The quantitative estimate of drug-likeness (QED) is 0.134. The van der Waals surface area contributed by atoms with Gasteiger partial charge in [0.05, 0.1) is 30.8 Å². The molecule has 3 aromatic heterocycles. The van der Waals surface area contributed by atoms with Crippen molar-refractivity contribution in [1.82, 2.24) is 9.13 Å². The van der Waals surface area contributed by atoms with Crippen LogP contribution in [-0.4, -0.2) is 13.7 Å². The monoisotopic (exact) mass is 1310 g/mol. The lowest BCUT2D eigenvalue weighted by Crippen LogP contribution is -2.04. The Bertz CT molecular complexity index is 4660. The molecule has 0 radical (unpaired) electrons. The summed E-state index contributed by atoms with van der Waals surface area (Å²) in [5.74, 6) is 0. The third-order valence-corrected chi connectivity index (χ3v) is 30.4. The number of benzene rings is 11. The van der Waals surface area contributed by atoms with Crippen molar-refractivity contribution in [3.05, 3.63) is 278 Å². The summed E-state index contributed by atoms with van der Waals surface area (Å²) in [6.45, 7) is 0. The van der Waals surface area contributed by atoms with E-state index in [2.05, 4.69) is 270 Å². The van der Waals surface area contributed by atoms with Crippen LogP contribution >= 0.6 is 73.5 Å². The highest BCUT2D eigenvalue weighted by Crippen LogP contribution is 2.44. The van der Waals surface area contributed by atoms with Gasteiger partial charge in [0, 0.05) is 54.5 Å². The summed E-state index contributed by atoms with van der Waals surface area (Å²) in [6, 6.07) is 98.0. The fraction of sp³-hybridized carbons (Fsp3) is 0. The third-order valence-electron chi connectivity index (χ3n) is 14.5. The second kappa shape index (κ2) is 19.0. The van der Waals surface area contributed by atoms with Gasteiger partial charge in [0.25, 0.3) is 0 Å². The Morgan fingerprint density at radius 3 is 1.44 bits per heavy atom. The molecule has 0 aliphatic carbocycles. The van der Waals surface area contributed by atoms with Crippen LogP contribution in [0.3, 0.4) is 0 Å². The van der Waals surface area contributed by atoms with E-state index in [9.17, 15) is 0 Å². The number of thiophene rings is 1. The summed E-state index contributed by atoms with van der Waals surface area (Å²) in [7, 11) is 0. The van der Waals surface area contributed by atoms with Crippen LogP contribution in [0.2, 0.25) is 0 Å². The first-order chi connectivity index (χ1) is 37.2. The van der Waals surface area contributed by atoms with Gasteiger partial charge in [-0.3, -0.25) is 0 Å². The zero-order chi connectivity index (χ0) is 49.4. The molecule has 0 atom stereocenters. The van der Waals surface area contributed by atoms with E-state index in [-0.39, 0.29) is 41.5 Å². The maximum atomic E-state index is 2.56. The van der Waals surface area contributed by atoms with Gasteiger partial charge in [0.1, 0.15) is 0 Å². The van der Waals surface area contributed by atoms with Crippen molar-refractivity contribution in [2.75, 3.05) is 0 Å². The van der Waals surface area contributed by atoms with E-state index in [1.165, 1.54) is 125 Å². The van der Waals surface area contributed by atoms with Crippen LogP contribution in [0.5, 0.6) is 0 Å². The molecule has 1 aliphatic heterocycles. The summed E-state index contributed by atoms with van der Waals surface area (Å²) >= 11 is 0.714. The van der Waals surface area contributed by atoms with Gasteiger partial charge in [-0.25, -0.2) is 0 Å². The zero-order valence-electron chi connectivity index (χ0n) is 40.3. The highest BCUT2D eigenvalue weighted by Gasteiger charge is 2.21. The number of hydrogen-bond donors (Lipinski definition) is 0. The molecular weight excluding hydrogens is 1270 g/mol. The smallest absolute Gasteiger partial charge is 0.0547 e. The molecule has 6 heteroatoms. The molecule has 0 unspecified atom stereocenters. The van der Waals surface area contributed by atoms with Crippen LogP contribution in [0, 0.1) is 0 Å². The molecule has 356 valence electrons. The van der Waals surface area contributed by atoms with Crippen LogP contribution in [0.1, 0.15) is 16.7 Å². The largest absolute Gasteiger partial charge is 0.309 e. The summed E-state index contributed by atoms with van der Waals surface area (Å²) in [5.41, 5.74) is 19.0. The third kappa shape index (κ3) is 8.02. The molecule has 0 saturated heterocycles. The molecule has 14 aromatic rings. The molecule has 11 aromatic carbocycles. The number of nitrogens with zero attached hydrogens (tertiary/aromatic N) is 2. The molecule has 1 aliphatic rings. The Kier molecular flexibility index (Phi) is 11.5. The molecule has 0 fully saturated rings. The minimum atomic E-state index is -0.438. The number of rotatable bonds is 8. The van der Waals surface area contributed by atoms with Gasteiger partial charge in [-0.05, 0) is 117 Å². The predicted octanol–water partition coefficient (Wildman–Crippen LogP) is 20.0. The van der Waals surface area contributed by atoms with Gasteiger partial charge < -0.3 is 9.13 Å². The number of fused-ring (bicyclic) bond motifs is 9. The molecule has 0 N–H and O–H groups in total. The van der Waals surface area contributed by atoms with Crippen molar-refractivity contribution < 1.29 is 0 Å². The maximum Gasteiger partial charge on any atom is 0.0547 e. The van der Waals surface area contributed by atoms with Crippen molar-refractivity contribution in [2.24, 2.45) is 0 Å². The van der Waals surface area contributed by atoms with E-state index in [1.807, 2.05) is 11.3 Å². The van der Waals surface area contributed by atoms with E-state index >= 15 is 0 Å². The van der Waals surface area contributed by atoms with E-state index in [0.29, 0.717) is 0 Å². The van der Waals surface area contributed by atoms with Crippen LogP contribution < -0.4 is 0 Å². The lowest BCUT2D eigenvalue weighted by molar-refractivity contribution is 1.18. The fourth-order valence-electron chi connectivity index (χ4n) is 11.0. The van der Waals surface area contributed by atoms with E-state index in [1.54, 1.807) is 4.55 Å². The predicted molar refractivity (Wildman–Crippen MR) is 352 cm³/mol. The average Bonchev–Trinajstić information content (AvgIpc) is 4.15. The van der Waals surface area contributed by atoms with Gasteiger partial charge >= 0.3 is 0 Å². The number of halogens is 3. The molecule has 4 heterocycles. The Morgan fingerprint density at radius 2 is 0.720 bits per heavy atom. The fourth-order valence-corrected chi connectivity index (χ4v) is 35.7. The van der Waals surface area contributed by atoms with Crippen molar-refractivity contribution in [1.29, 1.82) is 0 Å². The molecule has 0 bridgehead atoms. The van der Waals surface area contributed by atoms with Crippen LogP contribution in [0.25, 0.3) is 109 Å². The molecule has 0 amide bonds. The minimum absolute atomic E-state index is 0.353. The van der Waals surface area contributed by atoms with Crippen molar-refractivity contribution in [3.8, 4) is 44.8 Å². The zero-order valence-corrected chi connectivity index (χ0v) is 47.6. The van der Waals surface area contributed by atoms with Gasteiger partial charge in [0.2, 0.25) is 0 Å². The molecule has 2 nitrogen and oxygen atoms in total. The Balaban J connectivity index is 0.879. The molecule has 75 heavy (non-hydrogen) atoms. The van der Waals surface area contributed by atoms with E-state index in [4.69, 9.17) is 0 Å². The van der Waals surface area contributed by atoms with E-state index in [0.717, 1.165) is 0 Å². The van der Waals surface area contributed by atoms with Crippen LogP contribution in [0.15, 0.2) is 261 Å². The first-order valence-corrected chi connectivity index (χ1v) is 32.4. The number of para-hydroxylation sites is 3. The number of aromatic nitrogens is 2. The van der Waals surface area contributed by atoms with Gasteiger partial charge in [-0.1, -0.05) is 250 Å². The lowest BCUT2D eigenvalue weighted by Gasteiger charge is -2.19. The highest BCUT2D eigenvalue weighted by molar-refractivity contribution is 14.3. The molecule has 0 spiro atoms. The molecule has 15 rings (SSSR count). The summed E-state index contributed by atoms with van der Waals surface area (Å²) in [4.78, 5) is 0. The first kappa shape index (κ1) is 45.4. The van der Waals surface area contributed by atoms with Gasteiger partial charge in [-0.15, -0.1) is 11.3 Å². The normalized spacial score (nSPS) is 13.1. The molecule has 0 saturated carbocycles. The second-order valence-electron chi connectivity index (χ2n) is 18.9. The minimum Gasteiger partial charge on any atom is -0.309 e. The summed E-state index contributed by atoms with van der Waals surface area (Å²) < 4.78 is 12.8. The van der Waals surface area contributed by atoms with Crippen molar-refractivity contribution in [2.45, 2.75) is 0 Å². The second-order valence-corrected chi connectivity index (χ2v) is 34.3. The first-order valence-electron chi connectivity index (χ1n) is 25.1. The standard InChI is InChI=1S/C69H43I3N2S/c1-3-17-44(18-4-1)46-21-15-22-49(39-46)53-36-33-51(43-64(53)74-61-30-12-7-25-54(61)55-26-8-13-31-62(55)74)69-71-67(45-19-5-2-6-20-45)70-68(72-69)50-23-16-24-52(40-50)73-60-29-11-9-27-56(60)58-41-47(34-37-63(58)73)48-35-38-66-59(42-48)57-28-10-14-32-65(57)75-66/h1-43H. The SMILES string of the molecule is c1ccc(C2=IC(c3cccc(-n4c5ccccc5c5cc(-c6ccc7sc8ccccc8c7c6)ccc54)c3)=IC(c3ccc(-c4cccc(-c5ccccc5)c4)c(-n4c5ccccc5c5ccccc54)c3)=I2)cc1. The van der Waals surface area contributed by atoms with Crippen molar-refractivity contribution in [3.63, 3.8) is 0 Å². The van der Waals surface area contributed by atoms with E-state index < -0.39 is 20.7 Å². The Labute approximate surface area is 468 Å². The lowest BCUT2D eigenvalue weighted by atomic mass is 9.97. The van der Waals surface area contributed by atoms with Gasteiger partial charge in [-0.2, -0.15) is 0 Å². The highest BCUT2D eigenvalue weighted by atomic mass is 127. The average molecular weight is 1310 g/mol.